The summed E-state index contributed by atoms with van der Waals surface area (Å²) < 4.78 is 1.81. The van der Waals surface area contributed by atoms with Crippen LogP contribution in [0, 0.1) is 5.92 Å². The average molecular weight is 418 g/mol. The van der Waals surface area contributed by atoms with Gasteiger partial charge in [0.15, 0.2) is 8.68 Å². The molecular formula is C20H23N3OS3. The molecule has 0 radical (unpaired) electrons. The number of hydrogen-bond acceptors (Lipinski definition) is 6. The summed E-state index contributed by atoms with van der Waals surface area (Å²) in [4.78, 5) is 12.4. The van der Waals surface area contributed by atoms with Gasteiger partial charge in [-0.1, -0.05) is 91.2 Å². The molecule has 0 aliphatic heterocycles. The fraction of sp³-hybridized carbons (Fsp3) is 0.350. The van der Waals surface area contributed by atoms with Crippen molar-refractivity contribution in [1.82, 2.24) is 15.5 Å². The molecule has 2 aromatic carbocycles. The molecule has 0 saturated carbocycles. The summed E-state index contributed by atoms with van der Waals surface area (Å²) in [6, 6.07) is 14.4. The Hall–Kier alpha value is -1.57. The number of amides is 1. The number of aromatic nitrogens is 2. The van der Waals surface area contributed by atoms with E-state index in [0.29, 0.717) is 11.7 Å². The largest absolute Gasteiger partial charge is 0.349 e. The van der Waals surface area contributed by atoms with Crippen molar-refractivity contribution in [3.8, 4) is 0 Å². The molecule has 142 valence electrons. The minimum Gasteiger partial charge on any atom is -0.349 e. The Kier molecular flexibility index (Phi) is 7.15. The van der Waals surface area contributed by atoms with Crippen LogP contribution in [-0.4, -0.2) is 27.6 Å². The number of hydrogen-bond donors (Lipinski definition) is 1. The Morgan fingerprint density at radius 3 is 2.52 bits per heavy atom. The van der Waals surface area contributed by atoms with Crippen LogP contribution in [0.15, 0.2) is 51.1 Å². The van der Waals surface area contributed by atoms with Crippen LogP contribution in [0.3, 0.4) is 0 Å². The van der Waals surface area contributed by atoms with Crippen LogP contribution >= 0.6 is 34.9 Å². The van der Waals surface area contributed by atoms with Crippen LogP contribution in [0.4, 0.5) is 0 Å². The lowest BCUT2D eigenvalue weighted by molar-refractivity contribution is -0.119. The lowest BCUT2D eigenvalue weighted by atomic mass is 10.00. The molecule has 7 heteroatoms. The number of rotatable bonds is 8. The second-order valence-electron chi connectivity index (χ2n) is 6.68. The summed E-state index contributed by atoms with van der Waals surface area (Å²) in [5.41, 5.74) is 1.13. The predicted octanol–water partition coefficient (Wildman–Crippen LogP) is 5.41. The Balaban J connectivity index is 1.54. The van der Waals surface area contributed by atoms with Gasteiger partial charge in [-0.05, 0) is 29.2 Å². The molecule has 1 N–H and O–H groups in total. The summed E-state index contributed by atoms with van der Waals surface area (Å²) in [5, 5.41) is 13.8. The SMILES string of the molecule is CC(C)CSc1nnc(SCC(=O)N[C@@H](C)c2cccc3ccccc23)s1. The number of thioether (sulfide) groups is 2. The number of nitrogens with one attached hydrogen (secondary N) is 1. The number of carbonyl (C=O) groups is 1. The molecule has 3 aromatic rings. The molecule has 27 heavy (non-hydrogen) atoms. The van der Waals surface area contributed by atoms with E-state index < -0.39 is 0 Å². The highest BCUT2D eigenvalue weighted by Gasteiger charge is 2.14. The highest BCUT2D eigenvalue weighted by atomic mass is 32.2. The van der Waals surface area contributed by atoms with Crippen LogP contribution in [-0.2, 0) is 4.79 Å². The summed E-state index contributed by atoms with van der Waals surface area (Å²) in [6.07, 6.45) is 0. The van der Waals surface area contributed by atoms with E-state index in [1.165, 1.54) is 22.5 Å². The van der Waals surface area contributed by atoms with Crippen molar-refractivity contribution in [3.05, 3.63) is 48.0 Å². The maximum atomic E-state index is 12.4. The Bertz CT molecular complexity index is 905. The average Bonchev–Trinajstić information content (AvgIpc) is 3.12. The molecule has 0 spiro atoms. The number of nitrogens with zero attached hydrogens (tertiary/aromatic N) is 2. The van der Waals surface area contributed by atoms with Crippen molar-refractivity contribution in [3.63, 3.8) is 0 Å². The van der Waals surface area contributed by atoms with Crippen molar-refractivity contribution < 1.29 is 4.79 Å². The fourth-order valence-electron chi connectivity index (χ4n) is 2.67. The monoisotopic (exact) mass is 417 g/mol. The van der Waals surface area contributed by atoms with E-state index in [9.17, 15) is 4.79 Å². The zero-order valence-electron chi connectivity index (χ0n) is 15.6. The zero-order valence-corrected chi connectivity index (χ0v) is 18.1. The van der Waals surface area contributed by atoms with Crippen molar-refractivity contribution >= 4 is 51.5 Å². The number of benzene rings is 2. The Labute approximate surface area is 172 Å². The molecule has 0 bridgehead atoms. The van der Waals surface area contributed by atoms with Crippen molar-refractivity contribution in [2.45, 2.75) is 35.5 Å². The van der Waals surface area contributed by atoms with Gasteiger partial charge in [-0.2, -0.15) is 0 Å². The molecule has 1 aromatic heterocycles. The summed E-state index contributed by atoms with van der Waals surface area (Å²) in [5.74, 6) is 2.00. The molecule has 4 nitrogen and oxygen atoms in total. The van der Waals surface area contributed by atoms with Gasteiger partial charge in [0, 0.05) is 5.75 Å². The molecule has 0 aliphatic carbocycles. The van der Waals surface area contributed by atoms with Crippen molar-refractivity contribution in [2.24, 2.45) is 5.92 Å². The third kappa shape index (κ3) is 5.70. The Morgan fingerprint density at radius 1 is 1.04 bits per heavy atom. The second-order valence-corrected chi connectivity index (χ2v) is 10.2. The van der Waals surface area contributed by atoms with Gasteiger partial charge < -0.3 is 5.32 Å². The van der Waals surface area contributed by atoms with E-state index in [2.05, 4.69) is 53.6 Å². The van der Waals surface area contributed by atoms with E-state index in [1.54, 1.807) is 23.1 Å². The van der Waals surface area contributed by atoms with Gasteiger partial charge >= 0.3 is 0 Å². The molecule has 0 unspecified atom stereocenters. The van der Waals surface area contributed by atoms with E-state index in [4.69, 9.17) is 0 Å². The second kappa shape index (κ2) is 9.57. The minimum absolute atomic E-state index is 0.00650. The van der Waals surface area contributed by atoms with E-state index in [1.807, 2.05) is 25.1 Å². The lowest BCUT2D eigenvalue weighted by Gasteiger charge is -2.16. The van der Waals surface area contributed by atoms with Gasteiger partial charge in [0.2, 0.25) is 5.91 Å². The molecule has 1 heterocycles. The molecule has 0 saturated heterocycles. The lowest BCUT2D eigenvalue weighted by Crippen LogP contribution is -2.28. The van der Waals surface area contributed by atoms with Crippen LogP contribution in [0.1, 0.15) is 32.4 Å². The third-order valence-electron chi connectivity index (χ3n) is 3.92. The fourth-order valence-corrected chi connectivity index (χ4v) is 5.48. The van der Waals surface area contributed by atoms with Gasteiger partial charge in [0.1, 0.15) is 0 Å². The van der Waals surface area contributed by atoms with Gasteiger partial charge in [-0.3, -0.25) is 4.79 Å². The highest BCUT2D eigenvalue weighted by molar-refractivity contribution is 8.03. The minimum atomic E-state index is -0.0456. The summed E-state index contributed by atoms with van der Waals surface area (Å²) >= 11 is 4.73. The van der Waals surface area contributed by atoms with E-state index in [0.717, 1.165) is 20.0 Å². The van der Waals surface area contributed by atoms with Gasteiger partial charge in [-0.15, -0.1) is 10.2 Å². The first-order chi connectivity index (χ1) is 13.0. The molecule has 0 aliphatic rings. The van der Waals surface area contributed by atoms with Crippen LogP contribution in [0.5, 0.6) is 0 Å². The van der Waals surface area contributed by atoms with Gasteiger partial charge in [0.25, 0.3) is 0 Å². The molecule has 1 amide bonds. The first-order valence-electron chi connectivity index (χ1n) is 8.89. The standard InChI is InChI=1S/C20H23N3OS3/c1-13(2)11-25-19-22-23-20(27-19)26-12-18(24)21-14(3)16-10-6-8-15-7-4-5-9-17(15)16/h4-10,13-14H,11-12H2,1-3H3,(H,21,24)/t14-/m0/s1. The smallest absolute Gasteiger partial charge is 0.230 e. The van der Waals surface area contributed by atoms with E-state index in [-0.39, 0.29) is 11.9 Å². The van der Waals surface area contributed by atoms with Gasteiger partial charge in [0.05, 0.1) is 11.8 Å². The first-order valence-corrected chi connectivity index (χ1v) is 11.7. The summed E-state index contributed by atoms with van der Waals surface area (Å²) in [7, 11) is 0. The molecule has 1 atom stereocenters. The van der Waals surface area contributed by atoms with Crippen LogP contribution in [0.25, 0.3) is 10.8 Å². The number of carbonyl (C=O) groups excluding carboxylic acids is 1. The number of fused-ring (bicyclic) bond motifs is 1. The van der Waals surface area contributed by atoms with Crippen LogP contribution < -0.4 is 5.32 Å². The quantitative estimate of drug-likeness (QED) is 0.497. The van der Waals surface area contributed by atoms with Crippen molar-refractivity contribution in [1.29, 1.82) is 0 Å². The van der Waals surface area contributed by atoms with Crippen molar-refractivity contribution in [2.75, 3.05) is 11.5 Å². The van der Waals surface area contributed by atoms with Gasteiger partial charge in [-0.25, -0.2) is 0 Å². The Morgan fingerprint density at radius 2 is 1.74 bits per heavy atom. The maximum Gasteiger partial charge on any atom is 0.230 e. The molecule has 0 fully saturated rings. The zero-order chi connectivity index (χ0) is 19.2. The normalized spacial score (nSPS) is 12.4. The summed E-state index contributed by atoms with van der Waals surface area (Å²) in [6.45, 7) is 6.40. The molecular weight excluding hydrogens is 394 g/mol. The highest BCUT2D eigenvalue weighted by Crippen LogP contribution is 2.30. The first kappa shape index (κ1) is 20.2. The molecule has 3 rings (SSSR count). The predicted molar refractivity (Wildman–Crippen MR) is 117 cm³/mol. The van der Waals surface area contributed by atoms with E-state index >= 15 is 0 Å². The third-order valence-corrected chi connectivity index (χ3v) is 7.54. The van der Waals surface area contributed by atoms with Crippen LogP contribution in [0.2, 0.25) is 0 Å². The topological polar surface area (TPSA) is 54.9 Å². The maximum absolute atomic E-state index is 12.4.